The van der Waals surface area contributed by atoms with E-state index in [0.717, 1.165) is 5.56 Å². The van der Waals surface area contributed by atoms with Gasteiger partial charge in [0.2, 0.25) is 0 Å². The molecule has 0 radical (unpaired) electrons. The number of para-hydroxylation sites is 1. The molecule has 0 aliphatic carbocycles. The molecule has 4 nitrogen and oxygen atoms in total. The number of carbonyl (C=O) groups is 1. The molecular weight excluding hydrogens is 264 g/mol. The first-order chi connectivity index (χ1) is 10.3. The number of benzene rings is 2. The summed E-state index contributed by atoms with van der Waals surface area (Å²) in [6.45, 7) is 0.300. The first kappa shape index (κ1) is 14.6. The Morgan fingerprint density at radius 2 is 1.81 bits per heavy atom. The lowest BCUT2D eigenvalue weighted by molar-refractivity contribution is -0.118. The predicted octanol–water partition coefficient (Wildman–Crippen LogP) is 2.01. The molecule has 0 heterocycles. The number of ether oxygens (including phenoxy) is 1. The number of nitrogens with two attached hydrogens (primary N) is 1. The second-order valence-electron chi connectivity index (χ2n) is 4.23. The van der Waals surface area contributed by atoms with Crippen molar-refractivity contribution in [1.29, 1.82) is 0 Å². The van der Waals surface area contributed by atoms with E-state index in [4.69, 9.17) is 10.5 Å². The van der Waals surface area contributed by atoms with Crippen LogP contribution in [0.1, 0.15) is 5.56 Å². The van der Waals surface area contributed by atoms with Crippen molar-refractivity contribution in [2.24, 2.45) is 5.73 Å². The summed E-state index contributed by atoms with van der Waals surface area (Å²) in [7, 11) is 0. The average molecular weight is 280 g/mol. The summed E-state index contributed by atoms with van der Waals surface area (Å²) < 4.78 is 5.37. The summed E-state index contributed by atoms with van der Waals surface area (Å²) in [6.07, 6.45) is 0. The van der Waals surface area contributed by atoms with Gasteiger partial charge in [-0.3, -0.25) is 4.79 Å². The van der Waals surface area contributed by atoms with Crippen LogP contribution >= 0.6 is 0 Å². The van der Waals surface area contributed by atoms with Gasteiger partial charge >= 0.3 is 0 Å². The quantitative estimate of drug-likeness (QED) is 0.842. The Balaban J connectivity index is 1.85. The third-order valence-corrected chi connectivity index (χ3v) is 2.62. The highest BCUT2D eigenvalue weighted by Gasteiger charge is 2.03. The zero-order chi connectivity index (χ0) is 14.9. The Morgan fingerprint density at radius 1 is 1.10 bits per heavy atom. The van der Waals surface area contributed by atoms with E-state index in [1.807, 2.05) is 30.3 Å². The molecule has 2 aromatic carbocycles. The lowest BCUT2D eigenvalue weighted by Gasteiger charge is -2.07. The number of carbonyl (C=O) groups excluding carboxylic acids is 1. The van der Waals surface area contributed by atoms with Crippen molar-refractivity contribution in [2.45, 2.75) is 0 Å². The normalized spacial score (nSPS) is 9.38. The average Bonchev–Trinajstić information content (AvgIpc) is 2.53. The fraction of sp³-hybridized carbons (Fsp3) is 0.118. The zero-order valence-electron chi connectivity index (χ0n) is 11.5. The maximum absolute atomic E-state index is 11.8. The Morgan fingerprint density at radius 3 is 2.48 bits per heavy atom. The van der Waals surface area contributed by atoms with Crippen LogP contribution in [0, 0.1) is 11.8 Å². The van der Waals surface area contributed by atoms with Crippen LogP contribution in [-0.4, -0.2) is 19.1 Å². The van der Waals surface area contributed by atoms with Crippen molar-refractivity contribution in [3.63, 3.8) is 0 Å². The highest BCUT2D eigenvalue weighted by atomic mass is 16.5. The smallest absolute Gasteiger partial charge is 0.262 e. The lowest BCUT2D eigenvalue weighted by Crippen LogP contribution is -2.20. The number of anilines is 1. The van der Waals surface area contributed by atoms with E-state index >= 15 is 0 Å². The van der Waals surface area contributed by atoms with Gasteiger partial charge in [-0.05, 0) is 36.4 Å². The van der Waals surface area contributed by atoms with Gasteiger partial charge in [-0.2, -0.15) is 0 Å². The molecule has 0 unspecified atom stereocenters. The van der Waals surface area contributed by atoms with Gasteiger partial charge < -0.3 is 15.8 Å². The van der Waals surface area contributed by atoms with Crippen LogP contribution in [-0.2, 0) is 4.79 Å². The fourth-order valence-corrected chi connectivity index (χ4v) is 1.65. The minimum Gasteiger partial charge on any atom is -0.484 e. The Hall–Kier alpha value is -2.77. The van der Waals surface area contributed by atoms with E-state index in [1.54, 1.807) is 24.3 Å². The topological polar surface area (TPSA) is 64.3 Å². The summed E-state index contributed by atoms with van der Waals surface area (Å²) in [6, 6.07) is 16.5. The second kappa shape index (κ2) is 7.73. The number of amides is 1. The maximum atomic E-state index is 11.8. The first-order valence-corrected chi connectivity index (χ1v) is 6.54. The first-order valence-electron chi connectivity index (χ1n) is 6.54. The van der Waals surface area contributed by atoms with Gasteiger partial charge in [0.15, 0.2) is 6.61 Å². The highest BCUT2D eigenvalue weighted by Crippen LogP contribution is 2.10. The summed E-state index contributed by atoms with van der Waals surface area (Å²) in [5.74, 6) is 6.15. The maximum Gasteiger partial charge on any atom is 0.262 e. The van der Waals surface area contributed by atoms with Crippen molar-refractivity contribution < 1.29 is 9.53 Å². The van der Waals surface area contributed by atoms with Crippen molar-refractivity contribution >= 4 is 11.6 Å². The van der Waals surface area contributed by atoms with E-state index in [2.05, 4.69) is 17.2 Å². The largest absolute Gasteiger partial charge is 0.484 e. The molecule has 2 rings (SSSR count). The second-order valence-corrected chi connectivity index (χ2v) is 4.23. The summed E-state index contributed by atoms with van der Waals surface area (Å²) in [5, 5.41) is 2.76. The van der Waals surface area contributed by atoms with Crippen LogP contribution in [0.15, 0.2) is 54.6 Å². The molecule has 1 amide bonds. The minimum absolute atomic E-state index is 0.0290. The van der Waals surface area contributed by atoms with Gasteiger partial charge in [-0.15, -0.1) is 0 Å². The van der Waals surface area contributed by atoms with E-state index in [-0.39, 0.29) is 12.5 Å². The van der Waals surface area contributed by atoms with Crippen molar-refractivity contribution in [1.82, 2.24) is 0 Å². The number of hydrogen-bond acceptors (Lipinski definition) is 3. The molecule has 3 N–H and O–H groups in total. The molecule has 21 heavy (non-hydrogen) atoms. The third-order valence-electron chi connectivity index (χ3n) is 2.62. The molecule has 0 aliphatic heterocycles. The van der Waals surface area contributed by atoms with Crippen molar-refractivity contribution in [3.05, 3.63) is 60.2 Å². The van der Waals surface area contributed by atoms with E-state index in [0.29, 0.717) is 18.0 Å². The number of nitrogens with one attached hydrogen (secondary N) is 1. The monoisotopic (exact) mass is 280 g/mol. The fourth-order valence-electron chi connectivity index (χ4n) is 1.65. The van der Waals surface area contributed by atoms with Crippen LogP contribution in [0.2, 0.25) is 0 Å². The van der Waals surface area contributed by atoms with Crippen LogP contribution in [0.5, 0.6) is 5.75 Å². The Bertz CT molecular complexity index is 640. The van der Waals surface area contributed by atoms with Gasteiger partial charge in [0, 0.05) is 11.3 Å². The van der Waals surface area contributed by atoms with Crippen LogP contribution in [0.4, 0.5) is 5.69 Å². The number of hydrogen-bond donors (Lipinski definition) is 2. The summed E-state index contributed by atoms with van der Waals surface area (Å²) in [5.41, 5.74) is 6.87. The van der Waals surface area contributed by atoms with Gasteiger partial charge in [0.05, 0.1) is 6.54 Å². The standard InChI is InChI=1S/C17H16N2O2/c18-12-4-5-14-8-10-15(11-9-14)19-17(20)13-21-16-6-2-1-3-7-16/h1-3,6-11H,12-13,18H2,(H,19,20). The molecule has 0 saturated heterocycles. The molecule has 0 aliphatic rings. The molecule has 2 aromatic rings. The van der Waals surface area contributed by atoms with Gasteiger partial charge in [-0.25, -0.2) is 0 Å². The van der Waals surface area contributed by atoms with Gasteiger partial charge in [0.1, 0.15) is 5.75 Å². The van der Waals surface area contributed by atoms with Crippen LogP contribution in [0.3, 0.4) is 0 Å². The molecule has 0 bridgehead atoms. The molecule has 0 atom stereocenters. The number of rotatable bonds is 4. The van der Waals surface area contributed by atoms with E-state index < -0.39 is 0 Å². The van der Waals surface area contributed by atoms with E-state index in [9.17, 15) is 4.79 Å². The molecular formula is C17H16N2O2. The zero-order valence-corrected chi connectivity index (χ0v) is 11.5. The van der Waals surface area contributed by atoms with Gasteiger partial charge in [-0.1, -0.05) is 30.0 Å². The SMILES string of the molecule is NCC#Cc1ccc(NC(=O)COc2ccccc2)cc1. The Kier molecular flexibility index (Phi) is 5.39. The van der Waals surface area contributed by atoms with Crippen molar-refractivity contribution in [3.8, 4) is 17.6 Å². The van der Waals surface area contributed by atoms with Crippen LogP contribution < -0.4 is 15.8 Å². The van der Waals surface area contributed by atoms with Gasteiger partial charge in [0.25, 0.3) is 5.91 Å². The molecule has 4 heteroatoms. The molecule has 0 fully saturated rings. The Labute approximate surface area is 123 Å². The third kappa shape index (κ3) is 5.01. The molecule has 0 saturated carbocycles. The minimum atomic E-state index is -0.209. The summed E-state index contributed by atoms with van der Waals surface area (Å²) in [4.78, 5) is 11.8. The summed E-state index contributed by atoms with van der Waals surface area (Å²) >= 11 is 0. The predicted molar refractivity (Wildman–Crippen MR) is 82.9 cm³/mol. The highest BCUT2D eigenvalue weighted by molar-refractivity contribution is 5.91. The van der Waals surface area contributed by atoms with Crippen molar-refractivity contribution in [2.75, 3.05) is 18.5 Å². The lowest BCUT2D eigenvalue weighted by atomic mass is 10.2. The van der Waals surface area contributed by atoms with Crippen LogP contribution in [0.25, 0.3) is 0 Å². The van der Waals surface area contributed by atoms with E-state index in [1.165, 1.54) is 0 Å². The molecule has 0 aromatic heterocycles. The molecule has 0 spiro atoms. The molecule has 106 valence electrons.